The van der Waals surface area contributed by atoms with Gasteiger partial charge >= 0.3 is 0 Å². The van der Waals surface area contributed by atoms with E-state index < -0.39 is 17.0 Å². The van der Waals surface area contributed by atoms with Crippen molar-refractivity contribution in [3.63, 3.8) is 0 Å². The summed E-state index contributed by atoms with van der Waals surface area (Å²) in [5.41, 5.74) is 2.60. The van der Waals surface area contributed by atoms with Gasteiger partial charge in [-0.2, -0.15) is 5.10 Å². The zero-order valence-electron chi connectivity index (χ0n) is 17.0. The average Bonchev–Trinajstić information content (AvgIpc) is 3.19. The Bertz CT molecular complexity index is 818. The SMILES string of the molecule is OCC1(Cc2ccc(F)cc2F)CCCN(Cc2cn[nH]c2C2CCCCC2)C1. The fourth-order valence-electron chi connectivity index (χ4n) is 5.28. The first-order valence-electron chi connectivity index (χ1n) is 10.9. The van der Waals surface area contributed by atoms with Gasteiger partial charge in [-0.1, -0.05) is 25.3 Å². The molecule has 2 aliphatic rings. The van der Waals surface area contributed by atoms with Crippen molar-refractivity contribution in [3.05, 3.63) is 52.9 Å². The summed E-state index contributed by atoms with van der Waals surface area (Å²) in [5, 5.41) is 17.8. The second kappa shape index (κ2) is 8.92. The number of piperidine rings is 1. The summed E-state index contributed by atoms with van der Waals surface area (Å²) in [4.78, 5) is 2.36. The molecule has 4 rings (SSSR count). The Morgan fingerprint density at radius 1 is 1.14 bits per heavy atom. The van der Waals surface area contributed by atoms with Gasteiger partial charge in [0.05, 0.1) is 12.8 Å². The Kier molecular flexibility index (Phi) is 6.30. The molecule has 2 heterocycles. The number of benzene rings is 1. The van der Waals surface area contributed by atoms with Crippen LogP contribution < -0.4 is 0 Å². The molecule has 1 aromatic carbocycles. The summed E-state index contributed by atoms with van der Waals surface area (Å²) in [6, 6.07) is 3.74. The molecule has 0 amide bonds. The standard InChI is InChI=1S/C23H31F2N3O/c24-20-8-7-18(21(25)11-20)12-23(16-29)9-4-10-28(15-23)14-19-13-26-27-22(19)17-5-2-1-3-6-17/h7-8,11,13,17,29H,1-6,9-10,12,14-16H2,(H,26,27). The van der Waals surface area contributed by atoms with Crippen molar-refractivity contribution in [2.24, 2.45) is 5.41 Å². The Hall–Kier alpha value is -1.79. The molecule has 1 aliphatic heterocycles. The lowest BCUT2D eigenvalue weighted by molar-refractivity contribution is 0.0281. The number of halogens is 2. The number of nitrogens with zero attached hydrogens (tertiary/aromatic N) is 2. The van der Waals surface area contributed by atoms with Crippen LogP contribution in [0.4, 0.5) is 8.78 Å². The molecule has 1 aromatic heterocycles. The summed E-state index contributed by atoms with van der Waals surface area (Å²) in [6.07, 6.45) is 10.5. The molecule has 1 atom stereocenters. The maximum Gasteiger partial charge on any atom is 0.129 e. The van der Waals surface area contributed by atoms with E-state index >= 15 is 0 Å². The maximum atomic E-state index is 14.2. The van der Waals surface area contributed by atoms with Crippen molar-refractivity contribution in [1.29, 1.82) is 0 Å². The fourth-order valence-corrected chi connectivity index (χ4v) is 5.28. The number of aliphatic hydroxyl groups is 1. The number of aromatic amines is 1. The molecule has 2 aromatic rings. The summed E-state index contributed by atoms with van der Waals surface area (Å²) in [6.45, 7) is 2.47. The van der Waals surface area contributed by atoms with Crippen LogP contribution in [0.5, 0.6) is 0 Å². The molecule has 0 radical (unpaired) electrons. The highest BCUT2D eigenvalue weighted by Gasteiger charge is 2.36. The van der Waals surface area contributed by atoms with Crippen LogP contribution >= 0.6 is 0 Å². The molecule has 29 heavy (non-hydrogen) atoms. The summed E-state index contributed by atoms with van der Waals surface area (Å²) in [7, 11) is 0. The minimum absolute atomic E-state index is 0.00118. The summed E-state index contributed by atoms with van der Waals surface area (Å²) >= 11 is 0. The van der Waals surface area contributed by atoms with E-state index in [0.29, 0.717) is 24.4 Å². The topological polar surface area (TPSA) is 52.1 Å². The first kappa shape index (κ1) is 20.5. The predicted octanol–water partition coefficient (Wildman–Crippen LogP) is 4.55. The van der Waals surface area contributed by atoms with E-state index in [1.807, 2.05) is 6.20 Å². The second-order valence-corrected chi connectivity index (χ2v) is 9.03. The van der Waals surface area contributed by atoms with Crippen LogP contribution in [0.15, 0.2) is 24.4 Å². The van der Waals surface area contributed by atoms with Crippen molar-refractivity contribution in [2.45, 2.75) is 63.8 Å². The van der Waals surface area contributed by atoms with Gasteiger partial charge in [0.15, 0.2) is 0 Å². The minimum Gasteiger partial charge on any atom is -0.396 e. The van der Waals surface area contributed by atoms with Gasteiger partial charge in [0, 0.05) is 41.7 Å². The molecule has 158 valence electrons. The predicted molar refractivity (Wildman–Crippen MR) is 109 cm³/mol. The lowest BCUT2D eigenvalue weighted by Gasteiger charge is -2.42. The van der Waals surface area contributed by atoms with E-state index in [0.717, 1.165) is 32.0 Å². The van der Waals surface area contributed by atoms with Crippen molar-refractivity contribution >= 4 is 0 Å². The molecule has 2 N–H and O–H groups in total. The van der Waals surface area contributed by atoms with E-state index in [1.165, 1.54) is 55.5 Å². The number of rotatable bonds is 6. The minimum atomic E-state index is -0.565. The second-order valence-electron chi connectivity index (χ2n) is 9.03. The quantitative estimate of drug-likeness (QED) is 0.744. The molecule has 1 unspecified atom stereocenters. The third kappa shape index (κ3) is 4.69. The highest BCUT2D eigenvalue weighted by atomic mass is 19.1. The van der Waals surface area contributed by atoms with Gasteiger partial charge < -0.3 is 5.11 Å². The van der Waals surface area contributed by atoms with Crippen molar-refractivity contribution in [3.8, 4) is 0 Å². The summed E-state index contributed by atoms with van der Waals surface area (Å²) in [5.74, 6) is -0.518. The third-order valence-electron chi connectivity index (χ3n) is 6.82. The fraction of sp³-hybridized carbons (Fsp3) is 0.609. The first-order chi connectivity index (χ1) is 14.1. The van der Waals surface area contributed by atoms with Crippen LogP contribution in [0, 0.1) is 17.0 Å². The Morgan fingerprint density at radius 2 is 1.97 bits per heavy atom. The van der Waals surface area contributed by atoms with Crippen molar-refractivity contribution in [2.75, 3.05) is 19.7 Å². The van der Waals surface area contributed by atoms with Crippen molar-refractivity contribution < 1.29 is 13.9 Å². The van der Waals surface area contributed by atoms with Crippen LogP contribution in [0.1, 0.15) is 67.7 Å². The van der Waals surface area contributed by atoms with Gasteiger partial charge in [-0.3, -0.25) is 10.00 Å². The molecular formula is C23H31F2N3O. The first-order valence-corrected chi connectivity index (χ1v) is 10.9. The molecule has 1 aliphatic carbocycles. The van der Waals surface area contributed by atoms with Crippen LogP contribution in [0.25, 0.3) is 0 Å². The largest absolute Gasteiger partial charge is 0.396 e. The van der Waals surface area contributed by atoms with Crippen LogP contribution in [0.2, 0.25) is 0 Å². The lowest BCUT2D eigenvalue weighted by atomic mass is 9.75. The molecular weight excluding hydrogens is 372 g/mol. The number of hydrogen-bond acceptors (Lipinski definition) is 3. The van der Waals surface area contributed by atoms with Gasteiger partial charge in [-0.15, -0.1) is 0 Å². The number of aromatic nitrogens is 2. The normalized spacial score (nSPS) is 24.1. The Balaban J connectivity index is 1.47. The van der Waals surface area contributed by atoms with E-state index in [1.54, 1.807) is 0 Å². The highest BCUT2D eigenvalue weighted by molar-refractivity contribution is 5.22. The maximum absolute atomic E-state index is 14.2. The summed E-state index contributed by atoms with van der Waals surface area (Å²) < 4.78 is 27.5. The van der Waals surface area contributed by atoms with Crippen LogP contribution in [0.3, 0.4) is 0 Å². The average molecular weight is 404 g/mol. The molecule has 1 saturated carbocycles. The molecule has 0 spiro atoms. The Labute approximate surface area is 171 Å². The third-order valence-corrected chi connectivity index (χ3v) is 6.82. The van der Waals surface area contributed by atoms with Crippen LogP contribution in [-0.2, 0) is 13.0 Å². The monoisotopic (exact) mass is 403 g/mol. The van der Waals surface area contributed by atoms with E-state index in [4.69, 9.17) is 0 Å². The van der Waals surface area contributed by atoms with E-state index in [-0.39, 0.29) is 6.61 Å². The lowest BCUT2D eigenvalue weighted by Crippen LogP contribution is -2.46. The van der Waals surface area contributed by atoms with E-state index in [2.05, 4.69) is 15.1 Å². The zero-order valence-corrected chi connectivity index (χ0v) is 17.0. The number of aliphatic hydroxyl groups excluding tert-OH is 1. The number of nitrogens with one attached hydrogen (secondary N) is 1. The van der Waals surface area contributed by atoms with Gasteiger partial charge in [-0.25, -0.2) is 8.78 Å². The zero-order chi connectivity index (χ0) is 20.3. The molecule has 0 bridgehead atoms. The smallest absolute Gasteiger partial charge is 0.129 e. The molecule has 2 fully saturated rings. The number of likely N-dealkylation sites (tertiary alicyclic amines) is 1. The van der Waals surface area contributed by atoms with Crippen LogP contribution in [-0.4, -0.2) is 39.9 Å². The van der Waals surface area contributed by atoms with Gasteiger partial charge in [0.2, 0.25) is 0 Å². The molecule has 6 heteroatoms. The van der Waals surface area contributed by atoms with Gasteiger partial charge in [0.1, 0.15) is 11.6 Å². The Morgan fingerprint density at radius 3 is 2.72 bits per heavy atom. The number of hydrogen-bond donors (Lipinski definition) is 2. The molecule has 1 saturated heterocycles. The number of H-pyrrole nitrogens is 1. The molecule has 4 nitrogen and oxygen atoms in total. The highest BCUT2D eigenvalue weighted by Crippen LogP contribution is 2.37. The van der Waals surface area contributed by atoms with E-state index in [9.17, 15) is 13.9 Å². The van der Waals surface area contributed by atoms with Gasteiger partial charge in [-0.05, 0) is 50.3 Å². The van der Waals surface area contributed by atoms with Crippen molar-refractivity contribution in [1.82, 2.24) is 15.1 Å². The van der Waals surface area contributed by atoms with Gasteiger partial charge in [0.25, 0.3) is 0 Å².